The second-order valence-electron chi connectivity index (χ2n) is 9.00. The van der Waals surface area contributed by atoms with E-state index in [1.54, 1.807) is 0 Å². The Bertz CT molecular complexity index is 1260. The third-order valence-corrected chi connectivity index (χ3v) is 6.44. The highest BCUT2D eigenvalue weighted by molar-refractivity contribution is 5.48. The summed E-state index contributed by atoms with van der Waals surface area (Å²) in [6.45, 7) is 0. The summed E-state index contributed by atoms with van der Waals surface area (Å²) in [7, 11) is 0. The summed E-state index contributed by atoms with van der Waals surface area (Å²) in [5.41, 5.74) is 15.2. The monoisotopic (exact) mass is 466 g/mol. The number of rotatable bonds is 4. The van der Waals surface area contributed by atoms with Crippen molar-refractivity contribution in [3.63, 3.8) is 0 Å². The molecule has 6 nitrogen and oxygen atoms in total. The molecule has 6 rings (SSSR count). The topological polar surface area (TPSA) is 89.0 Å². The summed E-state index contributed by atoms with van der Waals surface area (Å²) in [4.78, 5) is 0. The largest absolute Gasteiger partial charge is 0.457 e. The number of fused-ring (bicyclic) bond motifs is 2. The lowest BCUT2D eigenvalue weighted by Crippen LogP contribution is -2.47. The quantitative estimate of drug-likeness (QED) is 0.335. The molecule has 2 aliphatic heterocycles. The Labute approximate surface area is 204 Å². The molecule has 35 heavy (non-hydrogen) atoms. The minimum atomic E-state index is -0.654. The van der Waals surface area contributed by atoms with Crippen LogP contribution in [0, 0.1) is 0 Å². The fraction of sp³-hybridized carbons (Fsp3) is 0.172. The molecule has 0 aliphatic carbocycles. The Morgan fingerprint density at radius 1 is 0.543 bits per heavy atom. The summed E-state index contributed by atoms with van der Waals surface area (Å²) in [6.07, 6.45) is 3.24. The standard InChI is InChI=1S/C29H26N2O4/c30-21-1-5-23(6-2-21)32-25-9-11-27-19(17-25)13-15-29(34-27)16-14-20-18-26(10-12-28(20)35-29)33-24-7-3-22(31)4-8-24/h1-12,17-18H,13-16,30-31H2. The number of nitrogens with two attached hydrogens (primary N) is 2. The zero-order valence-corrected chi connectivity index (χ0v) is 19.2. The van der Waals surface area contributed by atoms with E-state index in [-0.39, 0.29) is 0 Å². The van der Waals surface area contributed by atoms with Crippen molar-refractivity contribution in [2.75, 3.05) is 11.5 Å². The van der Waals surface area contributed by atoms with Crippen LogP contribution in [0.3, 0.4) is 0 Å². The molecule has 0 bridgehead atoms. The van der Waals surface area contributed by atoms with Gasteiger partial charge in [0.25, 0.3) is 5.79 Å². The molecule has 1 spiro atoms. The van der Waals surface area contributed by atoms with Crippen molar-refractivity contribution in [2.45, 2.75) is 31.5 Å². The number of hydrogen-bond acceptors (Lipinski definition) is 6. The van der Waals surface area contributed by atoms with Crippen molar-refractivity contribution in [1.29, 1.82) is 0 Å². The fourth-order valence-corrected chi connectivity index (χ4v) is 4.57. The highest BCUT2D eigenvalue weighted by atomic mass is 16.7. The van der Waals surface area contributed by atoms with Crippen molar-refractivity contribution >= 4 is 11.4 Å². The lowest BCUT2D eigenvalue weighted by atomic mass is 9.92. The van der Waals surface area contributed by atoms with Crippen LogP contribution >= 0.6 is 0 Å². The Morgan fingerprint density at radius 3 is 1.37 bits per heavy atom. The second-order valence-corrected chi connectivity index (χ2v) is 9.00. The minimum Gasteiger partial charge on any atom is -0.457 e. The van der Waals surface area contributed by atoms with Crippen LogP contribution < -0.4 is 30.4 Å². The molecule has 0 aromatic heterocycles. The Kier molecular flexibility index (Phi) is 5.14. The van der Waals surface area contributed by atoms with E-state index in [0.29, 0.717) is 11.4 Å². The van der Waals surface area contributed by atoms with E-state index in [1.165, 1.54) is 0 Å². The molecular weight excluding hydrogens is 440 g/mol. The lowest BCUT2D eigenvalue weighted by Gasteiger charge is -2.41. The first kappa shape index (κ1) is 21.2. The molecule has 4 aromatic rings. The Balaban J connectivity index is 1.15. The number of nitrogen functional groups attached to an aromatic ring is 2. The average Bonchev–Trinajstić information content (AvgIpc) is 2.87. The van der Waals surface area contributed by atoms with E-state index in [4.69, 9.17) is 30.4 Å². The van der Waals surface area contributed by atoms with Gasteiger partial charge in [-0.15, -0.1) is 0 Å². The predicted octanol–water partition coefficient (Wildman–Crippen LogP) is 6.48. The molecule has 2 heterocycles. The molecule has 6 heteroatoms. The van der Waals surface area contributed by atoms with Gasteiger partial charge in [0.2, 0.25) is 0 Å². The van der Waals surface area contributed by atoms with Crippen LogP contribution in [0.1, 0.15) is 24.0 Å². The van der Waals surface area contributed by atoms with Crippen molar-refractivity contribution in [1.82, 2.24) is 0 Å². The van der Waals surface area contributed by atoms with E-state index in [1.807, 2.05) is 84.9 Å². The predicted molar refractivity (Wildman–Crippen MR) is 135 cm³/mol. The van der Waals surface area contributed by atoms with Gasteiger partial charge in [0.1, 0.15) is 34.5 Å². The molecule has 2 aliphatic rings. The van der Waals surface area contributed by atoms with E-state index >= 15 is 0 Å². The number of ether oxygens (including phenoxy) is 4. The highest BCUT2D eigenvalue weighted by Crippen LogP contribution is 2.44. The molecule has 0 unspecified atom stereocenters. The maximum Gasteiger partial charge on any atom is 0.251 e. The SMILES string of the molecule is Nc1ccc(Oc2ccc3c(c2)CCC2(CCc4cc(Oc5ccc(N)cc5)ccc4O2)O3)cc1. The smallest absolute Gasteiger partial charge is 0.251 e. The molecule has 0 saturated heterocycles. The van der Waals surface area contributed by atoms with Gasteiger partial charge in [0.05, 0.1) is 0 Å². The fourth-order valence-electron chi connectivity index (χ4n) is 4.57. The Hall–Kier alpha value is -4.32. The average molecular weight is 467 g/mol. The molecule has 4 N–H and O–H groups in total. The summed E-state index contributed by atoms with van der Waals surface area (Å²) >= 11 is 0. The molecule has 0 atom stereocenters. The molecule has 4 aromatic carbocycles. The minimum absolute atomic E-state index is 0.654. The van der Waals surface area contributed by atoms with Crippen molar-refractivity contribution in [2.24, 2.45) is 0 Å². The third kappa shape index (κ3) is 4.43. The van der Waals surface area contributed by atoms with Gasteiger partial charge in [-0.05, 0) is 109 Å². The van der Waals surface area contributed by atoms with Crippen molar-refractivity contribution in [3.8, 4) is 34.5 Å². The summed E-state index contributed by atoms with van der Waals surface area (Å²) in [6, 6.07) is 26.6. The first-order valence-electron chi connectivity index (χ1n) is 11.7. The number of aryl methyl sites for hydroxylation is 2. The lowest BCUT2D eigenvalue weighted by molar-refractivity contribution is -0.139. The zero-order chi connectivity index (χ0) is 23.8. The highest BCUT2D eigenvalue weighted by Gasteiger charge is 2.41. The van der Waals surface area contributed by atoms with Crippen LogP contribution in [0.4, 0.5) is 11.4 Å². The van der Waals surface area contributed by atoms with Crippen molar-refractivity contribution < 1.29 is 18.9 Å². The van der Waals surface area contributed by atoms with Crippen LogP contribution in [0.5, 0.6) is 34.5 Å². The number of hydrogen-bond donors (Lipinski definition) is 2. The van der Waals surface area contributed by atoms with Gasteiger partial charge in [0, 0.05) is 24.2 Å². The van der Waals surface area contributed by atoms with E-state index in [0.717, 1.165) is 71.3 Å². The van der Waals surface area contributed by atoms with Crippen LogP contribution in [0.15, 0.2) is 84.9 Å². The molecule has 176 valence electrons. The van der Waals surface area contributed by atoms with Gasteiger partial charge in [0.15, 0.2) is 0 Å². The molecule has 0 saturated carbocycles. The molecule has 0 amide bonds. The maximum atomic E-state index is 6.44. The van der Waals surface area contributed by atoms with Gasteiger partial charge >= 0.3 is 0 Å². The number of anilines is 2. The van der Waals surface area contributed by atoms with Gasteiger partial charge in [-0.1, -0.05) is 0 Å². The second kappa shape index (κ2) is 8.47. The van der Waals surface area contributed by atoms with Gasteiger partial charge < -0.3 is 30.4 Å². The van der Waals surface area contributed by atoms with E-state index in [9.17, 15) is 0 Å². The van der Waals surface area contributed by atoms with Crippen LogP contribution in [0.25, 0.3) is 0 Å². The zero-order valence-electron chi connectivity index (χ0n) is 19.2. The summed E-state index contributed by atoms with van der Waals surface area (Å²) in [5, 5.41) is 0. The third-order valence-electron chi connectivity index (χ3n) is 6.44. The molecule has 0 fully saturated rings. The van der Waals surface area contributed by atoms with Gasteiger partial charge in [-0.25, -0.2) is 0 Å². The van der Waals surface area contributed by atoms with Gasteiger partial charge in [-0.3, -0.25) is 0 Å². The molecule has 0 radical (unpaired) electrons. The van der Waals surface area contributed by atoms with Gasteiger partial charge in [-0.2, -0.15) is 0 Å². The van der Waals surface area contributed by atoms with E-state index < -0.39 is 5.79 Å². The van der Waals surface area contributed by atoms with Crippen LogP contribution in [-0.4, -0.2) is 5.79 Å². The Morgan fingerprint density at radius 2 is 0.943 bits per heavy atom. The first-order valence-corrected chi connectivity index (χ1v) is 11.7. The first-order chi connectivity index (χ1) is 17.0. The number of benzene rings is 4. The van der Waals surface area contributed by atoms with E-state index in [2.05, 4.69) is 0 Å². The summed E-state index contributed by atoms with van der Waals surface area (Å²) in [5.74, 6) is 4.07. The normalized spacial score (nSPS) is 15.3. The maximum absolute atomic E-state index is 6.44. The van der Waals surface area contributed by atoms with Crippen molar-refractivity contribution in [3.05, 3.63) is 96.1 Å². The summed E-state index contributed by atoms with van der Waals surface area (Å²) < 4.78 is 24.8. The molecular formula is C29H26N2O4. The van der Waals surface area contributed by atoms with Crippen LogP contribution in [0.2, 0.25) is 0 Å². The van der Waals surface area contributed by atoms with Crippen LogP contribution in [-0.2, 0) is 12.8 Å².